The molecule has 3 heterocycles. The SMILES string of the molecule is C=CCNc1cc(N2CCN(Cc3cc4ccccc4s3)CC2)nc(NCC=C)n1. The highest BCUT2D eigenvalue weighted by Crippen LogP contribution is 2.27. The van der Waals surface area contributed by atoms with Crippen molar-refractivity contribution in [1.29, 1.82) is 0 Å². The van der Waals surface area contributed by atoms with E-state index in [4.69, 9.17) is 4.98 Å². The minimum atomic E-state index is 0.617. The Labute approximate surface area is 181 Å². The summed E-state index contributed by atoms with van der Waals surface area (Å²) in [4.78, 5) is 15.5. The van der Waals surface area contributed by atoms with Gasteiger partial charge in [0.05, 0.1) is 0 Å². The van der Waals surface area contributed by atoms with Gasteiger partial charge in [-0.05, 0) is 17.5 Å². The quantitative estimate of drug-likeness (QED) is 0.506. The van der Waals surface area contributed by atoms with E-state index in [1.807, 2.05) is 23.5 Å². The first-order valence-electron chi connectivity index (χ1n) is 10.3. The van der Waals surface area contributed by atoms with Crippen LogP contribution in [0.3, 0.4) is 0 Å². The number of anilines is 3. The maximum absolute atomic E-state index is 4.71. The number of hydrogen-bond acceptors (Lipinski definition) is 7. The third-order valence-electron chi connectivity index (χ3n) is 5.10. The molecular weight excluding hydrogens is 392 g/mol. The zero-order valence-electron chi connectivity index (χ0n) is 17.2. The third kappa shape index (κ3) is 4.98. The van der Waals surface area contributed by atoms with E-state index in [2.05, 4.69) is 68.9 Å². The summed E-state index contributed by atoms with van der Waals surface area (Å²) in [6.45, 7) is 13.8. The minimum Gasteiger partial charge on any atom is -0.366 e. The number of fused-ring (bicyclic) bond motifs is 1. The Bertz CT molecular complexity index is 943. The van der Waals surface area contributed by atoms with Crippen LogP contribution < -0.4 is 15.5 Å². The molecule has 6 nitrogen and oxygen atoms in total. The fourth-order valence-electron chi connectivity index (χ4n) is 3.58. The van der Waals surface area contributed by atoms with Gasteiger partial charge in [0.2, 0.25) is 5.95 Å². The lowest BCUT2D eigenvalue weighted by molar-refractivity contribution is 0.251. The first kappa shape index (κ1) is 20.4. The van der Waals surface area contributed by atoms with Crippen molar-refractivity contribution in [3.63, 3.8) is 0 Å². The highest BCUT2D eigenvalue weighted by atomic mass is 32.1. The summed E-state index contributed by atoms with van der Waals surface area (Å²) in [5.41, 5.74) is 0. The van der Waals surface area contributed by atoms with Crippen LogP contribution >= 0.6 is 11.3 Å². The molecule has 1 fully saturated rings. The molecule has 0 saturated carbocycles. The number of thiophene rings is 1. The summed E-state index contributed by atoms with van der Waals surface area (Å²) >= 11 is 1.90. The number of rotatable bonds is 9. The molecule has 156 valence electrons. The maximum atomic E-state index is 4.71. The first-order valence-corrected chi connectivity index (χ1v) is 11.1. The average Bonchev–Trinajstić information content (AvgIpc) is 3.19. The molecule has 3 aromatic rings. The van der Waals surface area contributed by atoms with E-state index in [0.717, 1.165) is 44.4 Å². The van der Waals surface area contributed by atoms with Crippen molar-refractivity contribution < 1.29 is 0 Å². The molecular formula is C23H28N6S. The topological polar surface area (TPSA) is 56.3 Å². The van der Waals surface area contributed by atoms with Gasteiger partial charge in [0.25, 0.3) is 0 Å². The van der Waals surface area contributed by atoms with Gasteiger partial charge in [-0.2, -0.15) is 9.97 Å². The zero-order chi connectivity index (χ0) is 20.8. The summed E-state index contributed by atoms with van der Waals surface area (Å²) in [5.74, 6) is 2.37. The standard InChI is InChI=1S/C23H28N6S/c1-3-9-24-21-16-22(27-23(26-21)25-10-4-2)29-13-11-28(12-14-29)17-19-15-18-7-5-6-8-20(18)30-19/h3-8,15-16H,1-2,9-14,17H2,(H2,24,25,26,27). The van der Waals surface area contributed by atoms with Crippen molar-refractivity contribution >= 4 is 39.0 Å². The highest BCUT2D eigenvalue weighted by Gasteiger charge is 2.20. The smallest absolute Gasteiger partial charge is 0.226 e. The number of benzene rings is 1. The van der Waals surface area contributed by atoms with E-state index in [-0.39, 0.29) is 0 Å². The van der Waals surface area contributed by atoms with Gasteiger partial charge in [0.1, 0.15) is 11.6 Å². The maximum Gasteiger partial charge on any atom is 0.226 e. The summed E-state index contributed by atoms with van der Waals surface area (Å²) < 4.78 is 1.37. The van der Waals surface area contributed by atoms with E-state index in [9.17, 15) is 0 Å². The molecule has 0 amide bonds. The van der Waals surface area contributed by atoms with Crippen molar-refractivity contribution in [2.45, 2.75) is 6.54 Å². The predicted octanol–water partition coefficient (Wildman–Crippen LogP) is 4.21. The van der Waals surface area contributed by atoms with Crippen LogP contribution in [0.2, 0.25) is 0 Å². The third-order valence-corrected chi connectivity index (χ3v) is 6.20. The molecule has 1 saturated heterocycles. The second kappa shape index (κ2) is 9.73. The molecule has 0 radical (unpaired) electrons. The second-order valence-corrected chi connectivity index (χ2v) is 8.46. The van der Waals surface area contributed by atoms with Crippen LogP contribution in [-0.2, 0) is 6.54 Å². The van der Waals surface area contributed by atoms with Crippen LogP contribution in [0.1, 0.15) is 4.88 Å². The van der Waals surface area contributed by atoms with Gasteiger partial charge in [-0.15, -0.1) is 24.5 Å². The van der Waals surface area contributed by atoms with Gasteiger partial charge in [-0.3, -0.25) is 4.90 Å². The van der Waals surface area contributed by atoms with Crippen LogP contribution in [0.5, 0.6) is 0 Å². The molecule has 30 heavy (non-hydrogen) atoms. The normalized spacial score (nSPS) is 14.6. The van der Waals surface area contributed by atoms with Crippen LogP contribution in [-0.4, -0.2) is 54.1 Å². The molecule has 0 aliphatic carbocycles. The Morgan fingerprint density at radius 1 is 0.967 bits per heavy atom. The van der Waals surface area contributed by atoms with Crippen molar-refractivity contribution in [2.24, 2.45) is 0 Å². The number of nitrogens with one attached hydrogen (secondary N) is 2. The summed E-state index contributed by atoms with van der Waals surface area (Å²) in [6.07, 6.45) is 3.63. The number of hydrogen-bond donors (Lipinski definition) is 2. The van der Waals surface area contributed by atoms with Gasteiger partial charge in [-0.25, -0.2) is 0 Å². The second-order valence-electron chi connectivity index (χ2n) is 7.29. The number of aromatic nitrogens is 2. The fraction of sp³-hybridized carbons (Fsp3) is 0.304. The lowest BCUT2D eigenvalue weighted by Gasteiger charge is -2.35. The molecule has 0 unspecified atom stereocenters. The summed E-state index contributed by atoms with van der Waals surface area (Å²) in [5, 5.41) is 7.82. The Kier molecular flexibility index (Phi) is 6.61. The van der Waals surface area contributed by atoms with Gasteiger partial charge in [-0.1, -0.05) is 30.4 Å². The van der Waals surface area contributed by atoms with Crippen molar-refractivity contribution in [1.82, 2.24) is 14.9 Å². The molecule has 0 bridgehead atoms. The number of nitrogens with zero attached hydrogens (tertiary/aromatic N) is 4. The lowest BCUT2D eigenvalue weighted by Crippen LogP contribution is -2.46. The van der Waals surface area contributed by atoms with Gasteiger partial charge in [0, 0.05) is 61.5 Å². The molecule has 1 aromatic carbocycles. The molecule has 1 aliphatic heterocycles. The predicted molar refractivity (Wildman–Crippen MR) is 129 cm³/mol. The molecule has 2 aromatic heterocycles. The Morgan fingerprint density at radius 2 is 1.73 bits per heavy atom. The summed E-state index contributed by atoms with van der Waals surface area (Å²) in [6, 6.07) is 13.0. The lowest BCUT2D eigenvalue weighted by atomic mass is 10.2. The van der Waals surface area contributed by atoms with Crippen molar-refractivity contribution in [3.05, 3.63) is 66.6 Å². The Morgan fingerprint density at radius 3 is 2.50 bits per heavy atom. The van der Waals surface area contributed by atoms with Crippen LogP contribution in [0.4, 0.5) is 17.6 Å². The largest absolute Gasteiger partial charge is 0.366 e. The van der Waals surface area contributed by atoms with Crippen LogP contribution in [0.25, 0.3) is 10.1 Å². The summed E-state index contributed by atoms with van der Waals surface area (Å²) in [7, 11) is 0. The molecule has 1 aliphatic rings. The van der Waals surface area contributed by atoms with Crippen molar-refractivity contribution in [3.8, 4) is 0 Å². The molecule has 0 atom stereocenters. The Balaban J connectivity index is 1.40. The van der Waals surface area contributed by atoms with Crippen LogP contribution in [0.15, 0.2) is 61.7 Å². The average molecular weight is 421 g/mol. The van der Waals surface area contributed by atoms with E-state index in [1.165, 1.54) is 15.0 Å². The highest BCUT2D eigenvalue weighted by molar-refractivity contribution is 7.19. The molecule has 2 N–H and O–H groups in total. The first-order chi connectivity index (χ1) is 14.7. The molecule has 4 rings (SSSR count). The van der Waals surface area contributed by atoms with Crippen molar-refractivity contribution in [2.75, 3.05) is 54.8 Å². The van der Waals surface area contributed by atoms with Gasteiger partial charge >= 0.3 is 0 Å². The minimum absolute atomic E-state index is 0.617. The number of piperazine rings is 1. The molecule has 0 spiro atoms. The monoisotopic (exact) mass is 420 g/mol. The van der Waals surface area contributed by atoms with E-state index in [0.29, 0.717) is 19.0 Å². The fourth-order valence-corrected chi connectivity index (χ4v) is 4.68. The zero-order valence-corrected chi connectivity index (χ0v) is 18.0. The molecule has 7 heteroatoms. The van der Waals surface area contributed by atoms with E-state index >= 15 is 0 Å². The Hall–Kier alpha value is -2.90. The van der Waals surface area contributed by atoms with Gasteiger partial charge in [0.15, 0.2) is 0 Å². The van der Waals surface area contributed by atoms with E-state index in [1.54, 1.807) is 6.08 Å². The van der Waals surface area contributed by atoms with Gasteiger partial charge < -0.3 is 15.5 Å². The van der Waals surface area contributed by atoms with E-state index < -0.39 is 0 Å². The van der Waals surface area contributed by atoms with Crippen LogP contribution in [0, 0.1) is 0 Å².